The lowest BCUT2D eigenvalue weighted by atomic mass is 9.95. The van der Waals surface area contributed by atoms with Gasteiger partial charge in [0.25, 0.3) is 0 Å². The Kier molecular flexibility index (Phi) is 29.5. The summed E-state index contributed by atoms with van der Waals surface area (Å²) < 4.78 is 11.5. The molecule has 1 aromatic rings. The predicted octanol–water partition coefficient (Wildman–Crippen LogP) is 3.23. The third-order valence-electron chi connectivity index (χ3n) is 17.5. The lowest BCUT2D eigenvalue weighted by molar-refractivity contribution is -0.168. The molecule has 1 aliphatic heterocycles. The second-order valence-corrected chi connectivity index (χ2v) is 26.0. The zero-order valence-electron chi connectivity index (χ0n) is 57.8. The van der Waals surface area contributed by atoms with Crippen LogP contribution in [0.25, 0.3) is 0 Å². The average Bonchev–Trinajstić information content (AvgIpc) is 2.43. The van der Waals surface area contributed by atoms with Crippen molar-refractivity contribution in [3.05, 3.63) is 29.8 Å². The minimum Gasteiger partial charge on any atom is -0.497 e. The number of carbonyl (C=O) groups is 11. The third kappa shape index (κ3) is 19.1. The third-order valence-corrected chi connectivity index (χ3v) is 17.5. The second-order valence-electron chi connectivity index (χ2n) is 26.0. The van der Waals surface area contributed by atoms with E-state index in [1.54, 1.807) is 57.2 Å². The van der Waals surface area contributed by atoms with Crippen molar-refractivity contribution < 1.29 is 62.2 Å². The lowest BCUT2D eigenvalue weighted by Crippen LogP contribution is -2.63. The summed E-state index contributed by atoms with van der Waals surface area (Å²) in [5.41, 5.74) is 0.611. The van der Waals surface area contributed by atoms with Crippen molar-refractivity contribution in [2.75, 3.05) is 77.6 Å². The number of carbonyl (C=O) groups excluding carboxylic acids is 11. The fourth-order valence-corrected chi connectivity index (χ4v) is 11.4. The zero-order valence-corrected chi connectivity index (χ0v) is 57.8. The van der Waals surface area contributed by atoms with Crippen LogP contribution in [0.1, 0.15) is 129 Å². The number of ether oxygens (including phenoxy) is 2. The molecule has 0 spiro atoms. The molecule has 0 aliphatic carbocycles. The highest BCUT2D eigenvalue weighted by Gasteiger charge is 2.46. The number of benzene rings is 1. The first-order chi connectivity index (χ1) is 40.6. The number of methoxy groups -OCH3 is 1. The molecule has 1 heterocycles. The van der Waals surface area contributed by atoms with E-state index in [0.29, 0.717) is 17.7 Å². The van der Waals surface area contributed by atoms with Crippen molar-refractivity contribution in [2.45, 2.75) is 202 Å². The SMILES string of the molecule is CC[C@H](C)[C@H]1C(=O)N[C@@H](C)C(=O)N(C)[C@@H](CC(C)C)C(=O)N[C@@H](Cc2ccc(OC)cc2)C(=O)N(C)[C@H](C)C(=O)O[C@H](C)[C@H](N(C)C(=O)[C@H](CC(C)C)N(C)C(=O)[C@H](C)N(C)C(=O)[C@@H](C(C)C)N(C)C(=O)[C@H](C(C)C)N(C)C)C(=O)N(C)[C@@H](C)C(=O)N1C. The van der Waals surface area contributed by atoms with Gasteiger partial charge in [0, 0.05) is 62.8 Å². The number of likely N-dealkylation sites (N-methyl/N-ethyl adjacent to an activating group) is 9. The molecule has 24 heteroatoms. The fourth-order valence-electron chi connectivity index (χ4n) is 11.4. The minimum atomic E-state index is -1.71. The van der Waals surface area contributed by atoms with Crippen LogP contribution in [-0.4, -0.2) is 259 Å². The molecule has 498 valence electrons. The van der Waals surface area contributed by atoms with Crippen molar-refractivity contribution in [1.82, 2.24) is 54.7 Å². The highest BCUT2D eigenvalue weighted by molar-refractivity contribution is 5.99. The molecule has 0 bridgehead atoms. The van der Waals surface area contributed by atoms with Gasteiger partial charge in [-0.2, -0.15) is 0 Å². The van der Waals surface area contributed by atoms with Crippen molar-refractivity contribution in [2.24, 2.45) is 29.6 Å². The standard InChI is InChI=1S/C64H109N11O13/c1-27-39(10)52-55(77)65-40(11)56(78)71(21)48(32-35(2)3)54(76)66-47(34-45-28-30-46(87-26)31-29-45)59(81)70(20)43(14)64(86)88-44(15)53(63(85)69(19)42(13)58(80)74(52)24)75(25)60(82)49(33-36(4)5)72(22)57(79)41(12)68(18)62(84)51(38(8)9)73(23)61(83)50(37(6)7)67(16)17/h28-31,35-44,47-53H,27,32-34H2,1-26H3,(H,65,77)(H,66,76)/t39-,40-,41-,42-,43+,44+,47-,48-,49-,50-,51+,52-,53-/m0/s1. The van der Waals surface area contributed by atoms with Crippen molar-refractivity contribution in [3.63, 3.8) is 0 Å². The quantitative estimate of drug-likeness (QED) is 0.178. The Hall–Kier alpha value is -6.85. The van der Waals surface area contributed by atoms with Gasteiger partial charge in [-0.25, -0.2) is 4.79 Å². The molecular weight excluding hydrogens is 1130 g/mol. The Balaban J connectivity index is 2.92. The van der Waals surface area contributed by atoms with Gasteiger partial charge >= 0.3 is 5.97 Å². The number of esters is 1. The number of nitrogens with one attached hydrogen (secondary N) is 2. The Labute approximate surface area is 525 Å². The number of hydrogen-bond donors (Lipinski definition) is 2. The van der Waals surface area contributed by atoms with Gasteiger partial charge in [-0.3, -0.25) is 52.8 Å². The van der Waals surface area contributed by atoms with Gasteiger partial charge in [0.05, 0.1) is 13.2 Å². The van der Waals surface area contributed by atoms with Crippen molar-refractivity contribution >= 4 is 65.0 Å². The van der Waals surface area contributed by atoms with Gasteiger partial charge in [-0.1, -0.05) is 87.8 Å². The smallest absolute Gasteiger partial charge is 0.328 e. The van der Waals surface area contributed by atoms with Crippen LogP contribution in [0.4, 0.5) is 0 Å². The highest BCUT2D eigenvalue weighted by atomic mass is 16.5. The number of hydrogen-bond acceptors (Lipinski definition) is 14. The van der Waals surface area contributed by atoms with Crippen LogP contribution < -0.4 is 15.4 Å². The molecule has 88 heavy (non-hydrogen) atoms. The van der Waals surface area contributed by atoms with Gasteiger partial charge in [0.15, 0.2) is 0 Å². The van der Waals surface area contributed by atoms with E-state index < -0.39 is 138 Å². The molecule has 1 aromatic carbocycles. The molecule has 1 aliphatic rings. The van der Waals surface area contributed by atoms with Crippen LogP contribution in [0.2, 0.25) is 0 Å². The maximum Gasteiger partial charge on any atom is 0.328 e. The molecule has 0 unspecified atom stereocenters. The molecule has 1 fully saturated rings. The molecule has 2 N–H and O–H groups in total. The van der Waals surface area contributed by atoms with Gasteiger partial charge in [0.2, 0.25) is 59.1 Å². The van der Waals surface area contributed by atoms with E-state index in [1.807, 2.05) is 62.3 Å². The van der Waals surface area contributed by atoms with E-state index in [0.717, 1.165) is 14.7 Å². The van der Waals surface area contributed by atoms with E-state index >= 15 is 9.59 Å². The van der Waals surface area contributed by atoms with Crippen LogP contribution in [0.3, 0.4) is 0 Å². The number of nitrogens with zero attached hydrogens (tertiary/aromatic N) is 9. The highest BCUT2D eigenvalue weighted by Crippen LogP contribution is 2.25. The van der Waals surface area contributed by atoms with E-state index in [1.165, 1.54) is 116 Å². The Morgan fingerprint density at radius 2 is 1.11 bits per heavy atom. The minimum absolute atomic E-state index is 0.0589. The first-order valence-electron chi connectivity index (χ1n) is 30.9. The second kappa shape index (κ2) is 33.7. The summed E-state index contributed by atoms with van der Waals surface area (Å²) in [6.07, 6.45) is -0.961. The molecule has 0 aromatic heterocycles. The molecule has 0 saturated carbocycles. The molecular formula is C64H109N11O13. The van der Waals surface area contributed by atoms with Gasteiger partial charge in [0.1, 0.15) is 72.3 Å². The monoisotopic (exact) mass is 1240 g/mol. The summed E-state index contributed by atoms with van der Waals surface area (Å²) in [6.45, 7) is 25.7. The summed E-state index contributed by atoms with van der Waals surface area (Å²) in [6, 6.07) is -6.41. The Bertz CT molecular complexity index is 2590. The molecule has 2 rings (SSSR count). The molecule has 1 saturated heterocycles. The van der Waals surface area contributed by atoms with E-state index in [2.05, 4.69) is 10.6 Å². The normalized spacial score (nSPS) is 23.6. The van der Waals surface area contributed by atoms with Gasteiger partial charge < -0.3 is 59.3 Å². The maximum atomic E-state index is 15.4. The molecule has 10 amide bonds. The molecule has 13 atom stereocenters. The van der Waals surface area contributed by atoms with Gasteiger partial charge in [-0.15, -0.1) is 0 Å². The van der Waals surface area contributed by atoms with Crippen molar-refractivity contribution in [1.29, 1.82) is 0 Å². The van der Waals surface area contributed by atoms with Crippen LogP contribution in [0, 0.1) is 29.6 Å². The number of amides is 10. The number of rotatable bonds is 20. The van der Waals surface area contributed by atoms with Crippen LogP contribution in [0.5, 0.6) is 5.75 Å². The summed E-state index contributed by atoms with van der Waals surface area (Å²) in [4.78, 5) is 173. The zero-order chi connectivity index (χ0) is 68.0. The molecule has 0 radical (unpaired) electrons. The first kappa shape index (κ1) is 77.2. The largest absolute Gasteiger partial charge is 0.497 e. The fraction of sp³-hybridized carbons (Fsp3) is 0.734. The Morgan fingerprint density at radius 1 is 0.591 bits per heavy atom. The average molecular weight is 1240 g/mol. The van der Waals surface area contributed by atoms with E-state index in [9.17, 15) is 43.2 Å². The van der Waals surface area contributed by atoms with E-state index in [4.69, 9.17) is 9.47 Å². The maximum absolute atomic E-state index is 15.4. The van der Waals surface area contributed by atoms with E-state index in [-0.39, 0.29) is 48.8 Å². The summed E-state index contributed by atoms with van der Waals surface area (Å²) in [7, 11) is 16.4. The summed E-state index contributed by atoms with van der Waals surface area (Å²) in [5, 5.41) is 5.64. The number of cyclic esters (lactones) is 1. The van der Waals surface area contributed by atoms with Crippen LogP contribution in [0.15, 0.2) is 24.3 Å². The summed E-state index contributed by atoms with van der Waals surface area (Å²) >= 11 is 0. The Morgan fingerprint density at radius 3 is 1.59 bits per heavy atom. The van der Waals surface area contributed by atoms with Crippen LogP contribution >= 0.6 is 0 Å². The van der Waals surface area contributed by atoms with Crippen LogP contribution in [-0.2, 0) is 63.9 Å². The first-order valence-corrected chi connectivity index (χ1v) is 30.9. The predicted molar refractivity (Wildman–Crippen MR) is 337 cm³/mol. The topological polar surface area (TPSA) is 259 Å². The summed E-state index contributed by atoms with van der Waals surface area (Å²) in [5.74, 6) is -8.22. The van der Waals surface area contributed by atoms with Gasteiger partial charge in [-0.05, 0) is 109 Å². The van der Waals surface area contributed by atoms with Crippen molar-refractivity contribution in [3.8, 4) is 5.75 Å². The molecule has 24 nitrogen and oxygen atoms in total. The lowest BCUT2D eigenvalue weighted by Gasteiger charge is -2.41.